The highest BCUT2D eigenvalue weighted by Crippen LogP contribution is 2.31. The number of carbonyl (C=O) groups excluding carboxylic acids is 1. The number of hydrogen-bond acceptors (Lipinski definition) is 4. The van der Waals surface area contributed by atoms with E-state index in [1.807, 2.05) is 6.07 Å². The molecule has 1 N–H and O–H groups in total. The minimum absolute atomic E-state index is 0.0758. The summed E-state index contributed by atoms with van der Waals surface area (Å²) in [5, 5.41) is 0. The number of carbonyl (C=O) groups is 1. The number of methoxy groups -OCH3 is 1. The molecule has 2 aromatic carbocycles. The number of fused-ring (bicyclic) bond motifs is 1. The summed E-state index contributed by atoms with van der Waals surface area (Å²) < 4.78 is 32.3. The van der Waals surface area contributed by atoms with Crippen LogP contribution in [0.2, 0.25) is 0 Å². The van der Waals surface area contributed by atoms with Crippen molar-refractivity contribution >= 4 is 21.6 Å². The number of anilines is 1. The summed E-state index contributed by atoms with van der Waals surface area (Å²) >= 11 is 0. The van der Waals surface area contributed by atoms with E-state index in [9.17, 15) is 13.2 Å². The lowest BCUT2D eigenvalue weighted by molar-refractivity contribution is 0.0985. The van der Waals surface area contributed by atoms with Gasteiger partial charge in [0.05, 0.1) is 11.5 Å². The lowest BCUT2D eigenvalue weighted by Gasteiger charge is -2.30. The molecule has 0 saturated heterocycles. The van der Waals surface area contributed by atoms with Crippen LogP contribution in [0.4, 0.5) is 5.69 Å². The van der Waals surface area contributed by atoms with E-state index in [1.165, 1.54) is 30.4 Å². The van der Waals surface area contributed by atoms with Gasteiger partial charge in [-0.25, -0.2) is 13.1 Å². The fraction of sp³-hybridized carbons (Fsp3) is 0.409. The SMILES string of the molecule is COCCNS(=O)(=O)c1cccc(C(=O)N2CCCc3cc(C(C)C)ccc32)c1. The second kappa shape index (κ2) is 9.07. The number of benzene rings is 2. The molecule has 0 fully saturated rings. The number of aryl methyl sites for hydroxylation is 1. The minimum Gasteiger partial charge on any atom is -0.383 e. The Morgan fingerprint density at radius 1 is 1.21 bits per heavy atom. The molecule has 0 saturated carbocycles. The van der Waals surface area contributed by atoms with Gasteiger partial charge in [-0.2, -0.15) is 0 Å². The number of nitrogens with one attached hydrogen (secondary N) is 1. The maximum absolute atomic E-state index is 13.2. The monoisotopic (exact) mass is 416 g/mol. The summed E-state index contributed by atoms with van der Waals surface area (Å²) in [7, 11) is -2.19. The third kappa shape index (κ3) is 4.86. The van der Waals surface area contributed by atoms with Crippen molar-refractivity contribution in [3.8, 4) is 0 Å². The highest BCUT2D eigenvalue weighted by molar-refractivity contribution is 7.89. The van der Waals surface area contributed by atoms with Gasteiger partial charge in [-0.15, -0.1) is 0 Å². The molecule has 29 heavy (non-hydrogen) atoms. The molecule has 1 heterocycles. The second-order valence-corrected chi connectivity index (χ2v) is 9.29. The average Bonchev–Trinajstić information content (AvgIpc) is 2.72. The van der Waals surface area contributed by atoms with Gasteiger partial charge >= 0.3 is 0 Å². The molecule has 0 aromatic heterocycles. The minimum atomic E-state index is -3.70. The van der Waals surface area contributed by atoms with Crippen LogP contribution in [0.3, 0.4) is 0 Å². The molecule has 156 valence electrons. The molecule has 7 heteroatoms. The van der Waals surface area contributed by atoms with Crippen LogP contribution < -0.4 is 9.62 Å². The predicted octanol–water partition coefficient (Wildman–Crippen LogP) is 3.33. The fourth-order valence-corrected chi connectivity index (χ4v) is 4.56. The van der Waals surface area contributed by atoms with Crippen molar-refractivity contribution in [2.75, 3.05) is 31.7 Å². The molecular weight excluding hydrogens is 388 g/mol. The Balaban J connectivity index is 1.87. The quantitative estimate of drug-likeness (QED) is 0.703. The van der Waals surface area contributed by atoms with E-state index in [0.29, 0.717) is 18.0 Å². The first kappa shape index (κ1) is 21.5. The van der Waals surface area contributed by atoms with Crippen molar-refractivity contribution in [3.05, 3.63) is 59.2 Å². The Morgan fingerprint density at radius 2 is 2.00 bits per heavy atom. The van der Waals surface area contributed by atoms with Crippen molar-refractivity contribution < 1.29 is 17.9 Å². The van der Waals surface area contributed by atoms with Crippen LogP contribution in [0.25, 0.3) is 0 Å². The Bertz CT molecular complexity index is 986. The molecule has 0 aliphatic carbocycles. The van der Waals surface area contributed by atoms with E-state index in [-0.39, 0.29) is 24.0 Å². The van der Waals surface area contributed by atoms with Crippen LogP contribution in [-0.2, 0) is 21.2 Å². The van der Waals surface area contributed by atoms with Crippen molar-refractivity contribution in [3.63, 3.8) is 0 Å². The number of amides is 1. The molecule has 0 unspecified atom stereocenters. The van der Waals surface area contributed by atoms with Gasteiger partial charge in [-0.05, 0) is 54.2 Å². The lowest BCUT2D eigenvalue weighted by atomic mass is 9.94. The highest BCUT2D eigenvalue weighted by Gasteiger charge is 2.25. The largest absolute Gasteiger partial charge is 0.383 e. The van der Waals surface area contributed by atoms with Crippen LogP contribution in [0, 0.1) is 0 Å². The number of nitrogens with zero attached hydrogens (tertiary/aromatic N) is 1. The molecule has 1 amide bonds. The molecule has 0 atom stereocenters. The number of sulfonamides is 1. The van der Waals surface area contributed by atoms with E-state index in [1.54, 1.807) is 17.0 Å². The van der Waals surface area contributed by atoms with Crippen LogP contribution >= 0.6 is 0 Å². The molecule has 1 aliphatic rings. The number of rotatable bonds is 7. The Kier molecular flexibility index (Phi) is 6.72. The first-order valence-electron chi connectivity index (χ1n) is 9.87. The first-order chi connectivity index (χ1) is 13.8. The van der Waals surface area contributed by atoms with Crippen LogP contribution in [-0.4, -0.2) is 41.1 Å². The van der Waals surface area contributed by atoms with Gasteiger partial charge in [0, 0.05) is 31.5 Å². The zero-order valence-electron chi connectivity index (χ0n) is 17.1. The average molecular weight is 417 g/mol. The van der Waals surface area contributed by atoms with Gasteiger partial charge in [0.1, 0.15) is 0 Å². The van der Waals surface area contributed by atoms with Crippen LogP contribution in [0.15, 0.2) is 47.4 Å². The van der Waals surface area contributed by atoms with Crippen molar-refractivity contribution in [2.24, 2.45) is 0 Å². The number of ether oxygens (including phenoxy) is 1. The van der Waals surface area contributed by atoms with E-state index in [4.69, 9.17) is 4.74 Å². The zero-order chi connectivity index (χ0) is 21.0. The molecule has 3 rings (SSSR count). The topological polar surface area (TPSA) is 75.7 Å². The highest BCUT2D eigenvalue weighted by atomic mass is 32.2. The molecule has 6 nitrogen and oxygen atoms in total. The van der Waals surface area contributed by atoms with Crippen molar-refractivity contribution in [1.29, 1.82) is 0 Å². The third-order valence-electron chi connectivity index (χ3n) is 5.12. The zero-order valence-corrected chi connectivity index (χ0v) is 18.0. The third-order valence-corrected chi connectivity index (χ3v) is 6.58. The lowest BCUT2D eigenvalue weighted by Crippen LogP contribution is -2.35. The molecular formula is C22H28N2O4S. The summed E-state index contributed by atoms with van der Waals surface area (Å²) in [6, 6.07) is 12.4. The Hall–Kier alpha value is -2.22. The second-order valence-electron chi connectivity index (χ2n) is 7.52. The van der Waals surface area contributed by atoms with E-state index in [2.05, 4.69) is 30.7 Å². The van der Waals surface area contributed by atoms with Gasteiger partial charge < -0.3 is 9.64 Å². The summed E-state index contributed by atoms with van der Waals surface area (Å²) in [6.45, 7) is 5.38. The standard InChI is InChI=1S/C22H28N2O4S/c1-16(2)17-9-10-21-18(14-17)7-5-12-24(21)22(25)19-6-4-8-20(15-19)29(26,27)23-11-13-28-3/h4,6,8-10,14-16,23H,5,7,11-13H2,1-3H3. The molecule has 1 aliphatic heterocycles. The maximum atomic E-state index is 13.2. The van der Waals surface area contributed by atoms with Gasteiger partial charge in [0.25, 0.3) is 5.91 Å². The van der Waals surface area contributed by atoms with Crippen LogP contribution in [0.1, 0.15) is 47.7 Å². The fourth-order valence-electron chi connectivity index (χ4n) is 3.50. The summed E-state index contributed by atoms with van der Waals surface area (Å²) in [5.74, 6) is 0.246. The van der Waals surface area contributed by atoms with Gasteiger partial charge in [-0.3, -0.25) is 4.79 Å². The van der Waals surface area contributed by atoms with Gasteiger partial charge in [0.15, 0.2) is 0 Å². The summed E-state index contributed by atoms with van der Waals surface area (Å²) in [4.78, 5) is 15.0. The molecule has 0 bridgehead atoms. The van der Waals surface area contributed by atoms with E-state index >= 15 is 0 Å². The summed E-state index contributed by atoms with van der Waals surface area (Å²) in [6.07, 6.45) is 1.83. The first-order valence-corrected chi connectivity index (χ1v) is 11.3. The van der Waals surface area contributed by atoms with Gasteiger partial charge in [0.2, 0.25) is 10.0 Å². The Morgan fingerprint density at radius 3 is 2.72 bits per heavy atom. The van der Waals surface area contributed by atoms with E-state index < -0.39 is 10.0 Å². The normalized spacial score (nSPS) is 14.1. The van der Waals surface area contributed by atoms with E-state index in [0.717, 1.165) is 18.5 Å². The maximum Gasteiger partial charge on any atom is 0.258 e. The molecule has 0 radical (unpaired) electrons. The molecule has 2 aromatic rings. The van der Waals surface area contributed by atoms with Gasteiger partial charge in [-0.1, -0.05) is 32.0 Å². The van der Waals surface area contributed by atoms with Crippen molar-refractivity contribution in [1.82, 2.24) is 4.72 Å². The smallest absolute Gasteiger partial charge is 0.258 e. The van der Waals surface area contributed by atoms with Crippen molar-refractivity contribution in [2.45, 2.75) is 37.5 Å². The Labute approximate surface area is 172 Å². The summed E-state index contributed by atoms with van der Waals surface area (Å²) in [5.41, 5.74) is 3.70. The molecule has 0 spiro atoms. The number of hydrogen-bond donors (Lipinski definition) is 1. The van der Waals surface area contributed by atoms with Crippen LogP contribution in [0.5, 0.6) is 0 Å². The predicted molar refractivity (Wildman–Crippen MR) is 114 cm³/mol.